The van der Waals surface area contributed by atoms with E-state index >= 15 is 0 Å². The van der Waals surface area contributed by atoms with Crippen molar-refractivity contribution in [1.29, 1.82) is 0 Å². The van der Waals surface area contributed by atoms with Crippen LogP contribution in [-0.2, 0) is 4.74 Å². The minimum absolute atomic E-state index is 0.361. The van der Waals surface area contributed by atoms with E-state index < -0.39 is 0 Å². The Balaban J connectivity index is 1.42. The van der Waals surface area contributed by atoms with Crippen molar-refractivity contribution in [3.63, 3.8) is 0 Å². The molecule has 0 aromatic heterocycles. The van der Waals surface area contributed by atoms with Gasteiger partial charge in [0.1, 0.15) is 11.9 Å². The Labute approximate surface area is 90.2 Å². The van der Waals surface area contributed by atoms with Gasteiger partial charge in [0.2, 0.25) is 0 Å². The second-order valence-corrected chi connectivity index (χ2v) is 4.23. The van der Waals surface area contributed by atoms with Crippen molar-refractivity contribution in [1.82, 2.24) is 0 Å². The van der Waals surface area contributed by atoms with Gasteiger partial charge in [0.25, 0.3) is 0 Å². The SMILES string of the molecule is [c]1cccc(OC2CC2COC2[CH]C2)c1. The van der Waals surface area contributed by atoms with Crippen LogP contribution in [0.15, 0.2) is 24.3 Å². The van der Waals surface area contributed by atoms with Crippen LogP contribution in [0.5, 0.6) is 5.75 Å². The fraction of sp³-hybridized carbons (Fsp3) is 0.462. The van der Waals surface area contributed by atoms with Crippen molar-refractivity contribution in [2.45, 2.75) is 25.0 Å². The van der Waals surface area contributed by atoms with E-state index in [1.54, 1.807) is 0 Å². The van der Waals surface area contributed by atoms with Gasteiger partial charge in [-0.25, -0.2) is 0 Å². The summed E-state index contributed by atoms with van der Waals surface area (Å²) >= 11 is 0. The highest BCUT2D eigenvalue weighted by Crippen LogP contribution is 2.36. The Morgan fingerprint density at radius 1 is 1.47 bits per heavy atom. The zero-order valence-corrected chi connectivity index (χ0v) is 8.56. The smallest absolute Gasteiger partial charge is 0.120 e. The standard InChI is InChI=1S/C13H14O2/c1-2-4-12(5-3-1)15-13-8-10(13)9-14-11-6-7-11/h1-2,4-6,10-11,13H,7-9H2. The van der Waals surface area contributed by atoms with E-state index in [-0.39, 0.29) is 0 Å². The van der Waals surface area contributed by atoms with E-state index in [2.05, 4.69) is 12.5 Å². The van der Waals surface area contributed by atoms with Gasteiger partial charge in [-0.1, -0.05) is 12.1 Å². The maximum Gasteiger partial charge on any atom is 0.120 e. The lowest BCUT2D eigenvalue weighted by atomic mass is 10.3. The van der Waals surface area contributed by atoms with Crippen LogP contribution in [0.2, 0.25) is 0 Å². The molecule has 0 saturated heterocycles. The molecule has 2 heteroatoms. The molecule has 3 atom stereocenters. The molecule has 2 saturated carbocycles. The van der Waals surface area contributed by atoms with Gasteiger partial charge in [-0.15, -0.1) is 0 Å². The maximum atomic E-state index is 5.77. The first-order chi connectivity index (χ1) is 7.42. The minimum atomic E-state index is 0.361. The van der Waals surface area contributed by atoms with Crippen molar-refractivity contribution in [2.24, 2.45) is 5.92 Å². The predicted octanol–water partition coefficient (Wildman–Crippen LogP) is 2.25. The van der Waals surface area contributed by atoms with Crippen LogP contribution in [0, 0.1) is 18.4 Å². The molecular formula is C13H14O2. The monoisotopic (exact) mass is 202 g/mol. The fourth-order valence-electron chi connectivity index (χ4n) is 1.60. The van der Waals surface area contributed by atoms with E-state index in [1.807, 2.05) is 24.3 Å². The van der Waals surface area contributed by atoms with E-state index in [1.165, 1.54) is 0 Å². The van der Waals surface area contributed by atoms with Gasteiger partial charge < -0.3 is 9.47 Å². The van der Waals surface area contributed by atoms with Crippen molar-refractivity contribution >= 4 is 0 Å². The van der Waals surface area contributed by atoms with Gasteiger partial charge in [0.15, 0.2) is 0 Å². The molecule has 0 amide bonds. The van der Waals surface area contributed by atoms with E-state index in [0.717, 1.165) is 25.2 Å². The molecule has 0 bridgehead atoms. The molecular weight excluding hydrogens is 188 g/mol. The highest BCUT2D eigenvalue weighted by molar-refractivity contribution is 5.21. The van der Waals surface area contributed by atoms with Crippen LogP contribution in [-0.4, -0.2) is 18.8 Å². The van der Waals surface area contributed by atoms with E-state index in [0.29, 0.717) is 18.1 Å². The van der Waals surface area contributed by atoms with Crippen LogP contribution in [0.1, 0.15) is 12.8 Å². The Morgan fingerprint density at radius 3 is 3.13 bits per heavy atom. The highest BCUT2D eigenvalue weighted by Gasteiger charge is 2.40. The molecule has 2 fully saturated rings. The zero-order chi connectivity index (χ0) is 10.1. The molecule has 2 nitrogen and oxygen atoms in total. The largest absolute Gasteiger partial charge is 0.490 e. The third-order valence-electron chi connectivity index (χ3n) is 2.78. The Bertz CT molecular complexity index is 319. The van der Waals surface area contributed by atoms with Crippen LogP contribution in [0.4, 0.5) is 0 Å². The van der Waals surface area contributed by atoms with Crippen LogP contribution in [0.3, 0.4) is 0 Å². The molecule has 2 aliphatic rings. The Hall–Kier alpha value is -1.02. The summed E-state index contributed by atoms with van der Waals surface area (Å²) in [6.07, 6.45) is 5.24. The maximum absolute atomic E-state index is 5.77. The number of hydrogen-bond acceptors (Lipinski definition) is 2. The third-order valence-corrected chi connectivity index (χ3v) is 2.78. The molecule has 78 valence electrons. The lowest BCUT2D eigenvalue weighted by molar-refractivity contribution is 0.106. The van der Waals surface area contributed by atoms with Crippen LogP contribution in [0.25, 0.3) is 0 Å². The first-order valence-electron chi connectivity index (χ1n) is 5.49. The lowest BCUT2D eigenvalue weighted by Crippen LogP contribution is -2.06. The minimum Gasteiger partial charge on any atom is -0.490 e. The molecule has 1 aromatic rings. The first-order valence-corrected chi connectivity index (χ1v) is 5.49. The van der Waals surface area contributed by atoms with Gasteiger partial charge in [0.05, 0.1) is 12.7 Å². The molecule has 0 spiro atoms. The third kappa shape index (κ3) is 2.51. The number of benzene rings is 1. The number of rotatable bonds is 5. The molecule has 2 radical (unpaired) electrons. The molecule has 0 aliphatic heterocycles. The molecule has 0 heterocycles. The molecule has 3 unspecified atom stereocenters. The van der Waals surface area contributed by atoms with Crippen LogP contribution >= 0.6 is 0 Å². The molecule has 1 aromatic carbocycles. The van der Waals surface area contributed by atoms with Crippen LogP contribution < -0.4 is 4.74 Å². The summed E-state index contributed by atoms with van der Waals surface area (Å²) in [6.45, 7) is 0.850. The average molecular weight is 202 g/mol. The lowest BCUT2D eigenvalue weighted by Gasteiger charge is -2.05. The topological polar surface area (TPSA) is 18.5 Å². The Morgan fingerprint density at radius 2 is 2.40 bits per heavy atom. The molecule has 2 aliphatic carbocycles. The van der Waals surface area contributed by atoms with Gasteiger partial charge in [-0.3, -0.25) is 0 Å². The molecule has 15 heavy (non-hydrogen) atoms. The van der Waals surface area contributed by atoms with Crippen molar-refractivity contribution in [3.05, 3.63) is 36.8 Å². The predicted molar refractivity (Wildman–Crippen MR) is 56.5 cm³/mol. The van der Waals surface area contributed by atoms with Crippen molar-refractivity contribution < 1.29 is 9.47 Å². The number of hydrogen-bond donors (Lipinski definition) is 0. The molecule has 3 rings (SSSR count). The van der Waals surface area contributed by atoms with E-state index in [9.17, 15) is 0 Å². The summed E-state index contributed by atoms with van der Waals surface area (Å²) in [5, 5.41) is 0. The second kappa shape index (κ2) is 3.86. The summed E-state index contributed by atoms with van der Waals surface area (Å²) in [6, 6.07) is 10.7. The summed E-state index contributed by atoms with van der Waals surface area (Å²) in [5.74, 6) is 1.52. The normalized spacial score (nSPS) is 28.8. The van der Waals surface area contributed by atoms with Crippen molar-refractivity contribution in [2.75, 3.05) is 6.61 Å². The van der Waals surface area contributed by atoms with Gasteiger partial charge in [-0.05, 0) is 37.5 Å². The second-order valence-electron chi connectivity index (χ2n) is 4.23. The quantitative estimate of drug-likeness (QED) is 0.729. The summed E-state index contributed by atoms with van der Waals surface area (Å²) in [5.41, 5.74) is 0. The Kier molecular flexibility index (Phi) is 2.37. The fourth-order valence-corrected chi connectivity index (χ4v) is 1.60. The van der Waals surface area contributed by atoms with Gasteiger partial charge in [-0.2, -0.15) is 0 Å². The zero-order valence-electron chi connectivity index (χ0n) is 8.56. The summed E-state index contributed by atoms with van der Waals surface area (Å²) in [7, 11) is 0. The summed E-state index contributed by atoms with van der Waals surface area (Å²) in [4.78, 5) is 0. The van der Waals surface area contributed by atoms with Gasteiger partial charge >= 0.3 is 0 Å². The molecule has 0 N–H and O–H groups in total. The number of ether oxygens (including phenoxy) is 2. The average Bonchev–Trinajstić information content (AvgIpc) is 3.12. The van der Waals surface area contributed by atoms with Crippen molar-refractivity contribution in [3.8, 4) is 5.75 Å². The van der Waals surface area contributed by atoms with Gasteiger partial charge in [0, 0.05) is 5.92 Å². The first kappa shape index (κ1) is 9.22. The van der Waals surface area contributed by atoms with E-state index in [4.69, 9.17) is 9.47 Å². The highest BCUT2D eigenvalue weighted by atomic mass is 16.5. The summed E-state index contributed by atoms with van der Waals surface area (Å²) < 4.78 is 11.4.